The van der Waals surface area contributed by atoms with E-state index in [9.17, 15) is 13.6 Å². The van der Waals surface area contributed by atoms with Gasteiger partial charge in [-0.25, -0.2) is 8.78 Å². The summed E-state index contributed by atoms with van der Waals surface area (Å²) in [5.74, 6) is -2.90. The summed E-state index contributed by atoms with van der Waals surface area (Å²) in [6.07, 6.45) is 3.74. The zero-order valence-corrected chi connectivity index (χ0v) is 15.5. The van der Waals surface area contributed by atoms with Gasteiger partial charge in [0.15, 0.2) is 6.71 Å². The number of carbonyl (C=O) groups is 1. The molecule has 8 heteroatoms. The number of methoxy groups -OCH3 is 1. The molecule has 1 aliphatic rings. The molecule has 0 unspecified atom stereocenters. The van der Waals surface area contributed by atoms with E-state index in [0.29, 0.717) is 41.9 Å². The zero-order valence-electron chi connectivity index (χ0n) is 14.7. The van der Waals surface area contributed by atoms with Crippen LogP contribution in [-0.4, -0.2) is 43.1 Å². The van der Waals surface area contributed by atoms with Crippen LogP contribution in [0.4, 0.5) is 8.78 Å². The third kappa shape index (κ3) is 4.21. The Labute approximate surface area is 156 Å². The molecule has 0 atom stereocenters. The fourth-order valence-corrected chi connectivity index (χ4v) is 3.90. The van der Waals surface area contributed by atoms with E-state index in [-0.39, 0.29) is 31.8 Å². The second kappa shape index (κ2) is 7.97. The highest BCUT2D eigenvalue weighted by Crippen LogP contribution is 2.33. The molecular weight excluding hydrogens is 360 g/mol. The first-order chi connectivity index (χ1) is 12.4. The molecule has 1 aliphatic heterocycles. The highest BCUT2D eigenvalue weighted by Gasteiger charge is 2.38. The van der Waals surface area contributed by atoms with Crippen LogP contribution in [-0.2, 0) is 11.2 Å². The van der Waals surface area contributed by atoms with E-state index in [1.54, 1.807) is 19.2 Å². The zero-order chi connectivity index (χ0) is 18.7. The van der Waals surface area contributed by atoms with Crippen LogP contribution in [0.25, 0.3) is 5.52 Å². The van der Waals surface area contributed by atoms with Crippen LogP contribution in [0.2, 0.25) is 17.7 Å². The van der Waals surface area contributed by atoms with Crippen molar-refractivity contribution in [3.63, 3.8) is 0 Å². The number of halogens is 3. The molecule has 1 amide bonds. The molecule has 0 saturated carbocycles. The SMILES string of the molecule is COCCc1cc(C(=O)NCB2CCCC(F)(F)C2)c2c(Cl)cccn12. The minimum atomic E-state index is -2.62. The van der Waals surface area contributed by atoms with Gasteiger partial charge < -0.3 is 14.5 Å². The van der Waals surface area contributed by atoms with E-state index in [1.807, 2.05) is 16.7 Å². The third-order valence-electron chi connectivity index (χ3n) is 4.92. The molecule has 1 N–H and O–H groups in total. The first-order valence-electron chi connectivity index (χ1n) is 8.85. The number of nitrogens with one attached hydrogen (secondary N) is 1. The van der Waals surface area contributed by atoms with E-state index in [2.05, 4.69) is 5.32 Å². The molecule has 3 heterocycles. The lowest BCUT2D eigenvalue weighted by atomic mass is 9.40. The fourth-order valence-electron chi connectivity index (χ4n) is 3.64. The van der Waals surface area contributed by atoms with Gasteiger partial charge in [-0.3, -0.25) is 4.79 Å². The number of nitrogens with zero attached hydrogens (tertiary/aromatic N) is 1. The molecule has 26 heavy (non-hydrogen) atoms. The molecule has 140 valence electrons. The predicted molar refractivity (Wildman–Crippen MR) is 99.9 cm³/mol. The highest BCUT2D eigenvalue weighted by atomic mass is 35.5. The summed E-state index contributed by atoms with van der Waals surface area (Å²) in [6.45, 7) is 0.330. The summed E-state index contributed by atoms with van der Waals surface area (Å²) in [6, 6.07) is 5.35. The summed E-state index contributed by atoms with van der Waals surface area (Å²) in [5, 5.41) is 3.30. The maximum atomic E-state index is 13.5. The smallest absolute Gasteiger partial charge is 0.252 e. The van der Waals surface area contributed by atoms with Crippen molar-refractivity contribution in [2.45, 2.75) is 37.8 Å². The molecule has 2 aromatic heterocycles. The molecule has 0 aliphatic carbocycles. The monoisotopic (exact) mass is 382 g/mol. The summed E-state index contributed by atoms with van der Waals surface area (Å²) in [7, 11) is 1.62. The second-order valence-electron chi connectivity index (χ2n) is 6.90. The molecule has 3 rings (SSSR count). The number of carbonyl (C=O) groups excluding carboxylic acids is 1. The lowest BCUT2D eigenvalue weighted by Gasteiger charge is -2.26. The Bertz CT molecular complexity index is 797. The highest BCUT2D eigenvalue weighted by molar-refractivity contribution is 6.59. The van der Waals surface area contributed by atoms with Crippen LogP contribution < -0.4 is 5.32 Å². The third-order valence-corrected chi connectivity index (χ3v) is 5.23. The molecule has 0 bridgehead atoms. The van der Waals surface area contributed by atoms with Crippen LogP contribution >= 0.6 is 11.6 Å². The van der Waals surface area contributed by atoms with Crippen molar-refractivity contribution in [1.29, 1.82) is 0 Å². The van der Waals surface area contributed by atoms with Gasteiger partial charge in [-0.1, -0.05) is 24.3 Å². The summed E-state index contributed by atoms with van der Waals surface area (Å²) in [5.41, 5.74) is 2.01. The van der Waals surface area contributed by atoms with Gasteiger partial charge in [0, 0.05) is 31.8 Å². The van der Waals surface area contributed by atoms with Crippen molar-refractivity contribution in [2.75, 3.05) is 20.2 Å². The number of hydrogen-bond donors (Lipinski definition) is 1. The normalized spacial score (nSPS) is 16.8. The number of hydrogen-bond acceptors (Lipinski definition) is 2. The van der Waals surface area contributed by atoms with E-state index in [4.69, 9.17) is 16.3 Å². The fraction of sp³-hybridized carbons (Fsp3) is 0.500. The number of fused-ring (bicyclic) bond motifs is 1. The van der Waals surface area contributed by atoms with Crippen molar-refractivity contribution in [1.82, 2.24) is 9.72 Å². The summed E-state index contributed by atoms with van der Waals surface area (Å²) >= 11 is 6.31. The Balaban J connectivity index is 1.77. The topological polar surface area (TPSA) is 42.7 Å². The number of ether oxygens (including phenoxy) is 1. The van der Waals surface area contributed by atoms with Gasteiger partial charge in [0.1, 0.15) is 0 Å². The Hall–Kier alpha value is -1.60. The predicted octanol–water partition coefficient (Wildman–Crippen LogP) is 3.97. The van der Waals surface area contributed by atoms with Gasteiger partial charge >= 0.3 is 0 Å². The number of alkyl halides is 2. The van der Waals surface area contributed by atoms with Gasteiger partial charge in [-0.15, -0.1) is 0 Å². The maximum Gasteiger partial charge on any atom is 0.252 e. The van der Waals surface area contributed by atoms with Crippen LogP contribution in [0.15, 0.2) is 24.4 Å². The lowest BCUT2D eigenvalue weighted by Crippen LogP contribution is -2.41. The summed E-state index contributed by atoms with van der Waals surface area (Å²) in [4.78, 5) is 12.7. The Kier molecular flexibility index (Phi) is 5.87. The average molecular weight is 383 g/mol. The Morgan fingerprint density at radius 3 is 3.04 bits per heavy atom. The number of amides is 1. The van der Waals surface area contributed by atoms with Crippen molar-refractivity contribution in [3.8, 4) is 0 Å². The number of pyridine rings is 1. The molecule has 0 spiro atoms. The Morgan fingerprint density at radius 2 is 2.31 bits per heavy atom. The first-order valence-corrected chi connectivity index (χ1v) is 9.22. The van der Waals surface area contributed by atoms with Gasteiger partial charge in [0.2, 0.25) is 5.92 Å². The van der Waals surface area contributed by atoms with Gasteiger partial charge in [0.05, 0.1) is 22.7 Å². The maximum absolute atomic E-state index is 13.5. The van der Waals surface area contributed by atoms with Crippen molar-refractivity contribution in [2.24, 2.45) is 0 Å². The minimum Gasteiger partial charge on any atom is -0.384 e. The number of aromatic nitrogens is 1. The van der Waals surface area contributed by atoms with E-state index >= 15 is 0 Å². The van der Waals surface area contributed by atoms with Crippen LogP contribution in [0, 0.1) is 0 Å². The van der Waals surface area contributed by atoms with Crippen LogP contribution in [0.3, 0.4) is 0 Å². The van der Waals surface area contributed by atoms with Crippen molar-refractivity contribution >= 4 is 29.7 Å². The molecule has 1 saturated heterocycles. The van der Waals surface area contributed by atoms with Crippen molar-refractivity contribution in [3.05, 3.63) is 40.7 Å². The molecule has 0 aromatic carbocycles. The van der Waals surface area contributed by atoms with Gasteiger partial charge in [-0.05, 0) is 31.0 Å². The first kappa shape index (κ1) is 19.2. The van der Waals surface area contributed by atoms with Crippen molar-refractivity contribution < 1.29 is 18.3 Å². The quantitative estimate of drug-likeness (QED) is 0.768. The molecule has 0 radical (unpaired) electrons. The second-order valence-corrected chi connectivity index (χ2v) is 7.30. The minimum absolute atomic E-state index is 0.0555. The molecule has 2 aromatic rings. The van der Waals surface area contributed by atoms with E-state index in [0.717, 1.165) is 5.69 Å². The van der Waals surface area contributed by atoms with Crippen LogP contribution in [0.1, 0.15) is 28.9 Å². The largest absolute Gasteiger partial charge is 0.384 e. The standard InChI is InChI=1S/C18H22BClF2N2O2/c1-26-9-5-13-10-14(16-15(20)4-2-8-24(13)16)17(25)23-12-19-7-3-6-18(21,22)11-19/h2,4,8,10H,3,5-7,9,11-12H2,1H3,(H,23,25). The lowest BCUT2D eigenvalue weighted by molar-refractivity contribution is 0.00672. The van der Waals surface area contributed by atoms with E-state index < -0.39 is 5.92 Å². The molecular formula is C18H22BClF2N2O2. The van der Waals surface area contributed by atoms with E-state index in [1.165, 1.54) is 0 Å². The van der Waals surface area contributed by atoms with Gasteiger partial charge in [0.25, 0.3) is 5.91 Å². The van der Waals surface area contributed by atoms with Gasteiger partial charge in [-0.2, -0.15) is 0 Å². The summed E-state index contributed by atoms with van der Waals surface area (Å²) < 4.78 is 34.1. The number of rotatable bonds is 6. The Morgan fingerprint density at radius 1 is 1.50 bits per heavy atom. The molecule has 1 fully saturated rings. The molecule has 4 nitrogen and oxygen atoms in total. The average Bonchev–Trinajstić information content (AvgIpc) is 2.97. The van der Waals surface area contributed by atoms with Crippen LogP contribution in [0.5, 0.6) is 0 Å².